The first-order valence-electron chi connectivity index (χ1n) is 5.66. The SMILES string of the molecule is CCCNC(=O)CCNC(=O)CNCC(F)(F)F. The average Bonchev–Trinajstić information content (AvgIpc) is 2.24. The van der Waals surface area contributed by atoms with Gasteiger partial charge in [0.2, 0.25) is 11.8 Å². The van der Waals surface area contributed by atoms with Crippen molar-refractivity contribution in [3.05, 3.63) is 0 Å². The molecular weight excluding hydrogens is 251 g/mol. The molecule has 0 aliphatic carbocycles. The molecule has 0 saturated carbocycles. The highest BCUT2D eigenvalue weighted by atomic mass is 19.4. The van der Waals surface area contributed by atoms with Gasteiger partial charge in [-0.05, 0) is 6.42 Å². The van der Waals surface area contributed by atoms with E-state index in [-0.39, 0.29) is 18.9 Å². The summed E-state index contributed by atoms with van der Waals surface area (Å²) in [5.74, 6) is -0.761. The maximum atomic E-state index is 11.7. The molecule has 106 valence electrons. The van der Waals surface area contributed by atoms with Crippen molar-refractivity contribution in [1.29, 1.82) is 0 Å². The van der Waals surface area contributed by atoms with Gasteiger partial charge in [-0.3, -0.25) is 9.59 Å². The van der Waals surface area contributed by atoms with E-state index in [1.807, 2.05) is 12.2 Å². The van der Waals surface area contributed by atoms with Crippen molar-refractivity contribution in [2.75, 3.05) is 26.2 Å². The molecule has 0 aromatic carbocycles. The number of carbonyl (C=O) groups excluding carboxylic acids is 2. The van der Waals surface area contributed by atoms with Gasteiger partial charge in [0.05, 0.1) is 13.1 Å². The molecule has 0 aliphatic rings. The van der Waals surface area contributed by atoms with Gasteiger partial charge in [-0.15, -0.1) is 0 Å². The van der Waals surface area contributed by atoms with Crippen LogP contribution in [0, 0.1) is 0 Å². The van der Waals surface area contributed by atoms with Crippen LogP contribution in [-0.2, 0) is 9.59 Å². The first-order valence-corrected chi connectivity index (χ1v) is 5.66. The lowest BCUT2D eigenvalue weighted by molar-refractivity contribution is -0.128. The van der Waals surface area contributed by atoms with Gasteiger partial charge >= 0.3 is 6.18 Å². The summed E-state index contributed by atoms with van der Waals surface area (Å²) >= 11 is 0. The highest BCUT2D eigenvalue weighted by molar-refractivity contribution is 5.80. The summed E-state index contributed by atoms with van der Waals surface area (Å²) in [6, 6.07) is 0. The van der Waals surface area contributed by atoms with E-state index in [1.54, 1.807) is 0 Å². The average molecular weight is 269 g/mol. The second-order valence-corrected chi connectivity index (χ2v) is 3.67. The number of nitrogens with one attached hydrogen (secondary N) is 3. The van der Waals surface area contributed by atoms with Gasteiger partial charge in [-0.25, -0.2) is 0 Å². The van der Waals surface area contributed by atoms with Crippen molar-refractivity contribution >= 4 is 11.8 Å². The molecule has 0 aromatic rings. The molecule has 0 aromatic heterocycles. The number of hydrogen-bond acceptors (Lipinski definition) is 3. The van der Waals surface area contributed by atoms with Crippen LogP contribution in [0.5, 0.6) is 0 Å². The molecule has 0 saturated heterocycles. The van der Waals surface area contributed by atoms with Crippen molar-refractivity contribution in [3.63, 3.8) is 0 Å². The minimum atomic E-state index is -4.33. The Hall–Kier alpha value is -1.31. The van der Waals surface area contributed by atoms with Crippen LogP contribution in [0.2, 0.25) is 0 Å². The van der Waals surface area contributed by atoms with Crippen molar-refractivity contribution in [2.45, 2.75) is 25.9 Å². The number of amides is 2. The largest absolute Gasteiger partial charge is 0.401 e. The van der Waals surface area contributed by atoms with Gasteiger partial charge in [-0.2, -0.15) is 13.2 Å². The molecule has 3 N–H and O–H groups in total. The van der Waals surface area contributed by atoms with E-state index in [0.29, 0.717) is 6.54 Å². The fraction of sp³-hybridized carbons (Fsp3) is 0.800. The fourth-order valence-electron chi connectivity index (χ4n) is 1.05. The monoisotopic (exact) mass is 269 g/mol. The van der Waals surface area contributed by atoms with Gasteiger partial charge in [-0.1, -0.05) is 6.92 Å². The molecule has 0 atom stereocenters. The zero-order valence-corrected chi connectivity index (χ0v) is 10.2. The second kappa shape index (κ2) is 8.73. The predicted octanol–water partition coefficient (Wildman–Crippen LogP) is 0.171. The smallest absolute Gasteiger partial charge is 0.356 e. The second-order valence-electron chi connectivity index (χ2n) is 3.67. The number of alkyl halides is 3. The predicted molar refractivity (Wildman–Crippen MR) is 59.9 cm³/mol. The molecule has 5 nitrogen and oxygen atoms in total. The summed E-state index contributed by atoms with van der Waals surface area (Å²) in [7, 11) is 0. The molecular formula is C10H18F3N3O2. The van der Waals surface area contributed by atoms with Crippen molar-refractivity contribution in [3.8, 4) is 0 Å². The minimum Gasteiger partial charge on any atom is -0.356 e. The Morgan fingerprint density at radius 1 is 1.06 bits per heavy atom. The maximum Gasteiger partial charge on any atom is 0.401 e. The van der Waals surface area contributed by atoms with Crippen LogP contribution < -0.4 is 16.0 Å². The van der Waals surface area contributed by atoms with Gasteiger partial charge in [0.15, 0.2) is 0 Å². The van der Waals surface area contributed by atoms with E-state index < -0.39 is 25.2 Å². The van der Waals surface area contributed by atoms with Gasteiger partial charge < -0.3 is 16.0 Å². The van der Waals surface area contributed by atoms with Crippen LogP contribution in [-0.4, -0.2) is 44.2 Å². The third-order valence-corrected chi connectivity index (χ3v) is 1.86. The summed E-state index contributed by atoms with van der Waals surface area (Å²) in [5.41, 5.74) is 0. The molecule has 0 fully saturated rings. The van der Waals surface area contributed by atoms with E-state index in [4.69, 9.17) is 0 Å². The van der Waals surface area contributed by atoms with Crippen LogP contribution in [0.1, 0.15) is 19.8 Å². The lowest BCUT2D eigenvalue weighted by atomic mass is 10.3. The standard InChI is InChI=1S/C10H18F3N3O2/c1-2-4-15-8(17)3-5-16-9(18)6-14-7-10(11,12)13/h14H,2-7H2,1H3,(H,15,17)(H,16,18). The van der Waals surface area contributed by atoms with E-state index in [0.717, 1.165) is 6.42 Å². The lowest BCUT2D eigenvalue weighted by Gasteiger charge is -2.08. The molecule has 0 heterocycles. The van der Waals surface area contributed by atoms with E-state index in [2.05, 4.69) is 10.6 Å². The lowest BCUT2D eigenvalue weighted by Crippen LogP contribution is -2.39. The van der Waals surface area contributed by atoms with Gasteiger partial charge in [0.25, 0.3) is 0 Å². The third kappa shape index (κ3) is 11.2. The number of halogens is 3. The molecule has 0 spiro atoms. The summed E-state index contributed by atoms with van der Waals surface area (Å²) in [6.07, 6.45) is -3.40. The van der Waals surface area contributed by atoms with Gasteiger partial charge in [0, 0.05) is 19.5 Å². The van der Waals surface area contributed by atoms with Gasteiger partial charge in [0.1, 0.15) is 0 Å². The molecule has 18 heavy (non-hydrogen) atoms. The molecule has 0 aliphatic heterocycles. The molecule has 2 amide bonds. The minimum absolute atomic E-state index is 0.113. The summed E-state index contributed by atoms with van der Waals surface area (Å²) in [6.45, 7) is 0.962. The summed E-state index contributed by atoms with van der Waals surface area (Å²) in [4.78, 5) is 22.2. The Balaban J connectivity index is 3.51. The molecule has 0 rings (SSSR count). The molecule has 0 radical (unpaired) electrons. The Bertz CT molecular complexity index is 270. The van der Waals surface area contributed by atoms with Crippen molar-refractivity contribution in [2.24, 2.45) is 0 Å². The van der Waals surface area contributed by atoms with E-state index >= 15 is 0 Å². The van der Waals surface area contributed by atoms with E-state index in [1.165, 1.54) is 0 Å². The van der Waals surface area contributed by atoms with Crippen LogP contribution in [0.3, 0.4) is 0 Å². The van der Waals surface area contributed by atoms with Crippen molar-refractivity contribution in [1.82, 2.24) is 16.0 Å². The highest BCUT2D eigenvalue weighted by Gasteiger charge is 2.26. The third-order valence-electron chi connectivity index (χ3n) is 1.86. The highest BCUT2D eigenvalue weighted by Crippen LogP contribution is 2.11. The maximum absolute atomic E-state index is 11.7. The number of rotatable bonds is 8. The Labute approximate surface area is 103 Å². The first kappa shape index (κ1) is 16.7. The van der Waals surface area contributed by atoms with Crippen LogP contribution in [0.4, 0.5) is 13.2 Å². The number of carbonyl (C=O) groups is 2. The zero-order chi connectivity index (χ0) is 14.0. The van der Waals surface area contributed by atoms with Crippen LogP contribution in [0.25, 0.3) is 0 Å². The quantitative estimate of drug-likeness (QED) is 0.588. The Morgan fingerprint density at radius 2 is 1.67 bits per heavy atom. The van der Waals surface area contributed by atoms with Crippen molar-refractivity contribution < 1.29 is 22.8 Å². The molecule has 8 heteroatoms. The summed E-state index contributed by atoms with van der Waals surface area (Å²) < 4.78 is 35.2. The Morgan fingerprint density at radius 3 is 2.22 bits per heavy atom. The topological polar surface area (TPSA) is 70.2 Å². The van der Waals surface area contributed by atoms with Crippen LogP contribution in [0.15, 0.2) is 0 Å². The van der Waals surface area contributed by atoms with Crippen LogP contribution >= 0.6 is 0 Å². The number of hydrogen-bond donors (Lipinski definition) is 3. The summed E-state index contributed by atoms with van der Waals surface area (Å²) in [5, 5.41) is 6.92. The normalized spacial score (nSPS) is 11.1. The van der Waals surface area contributed by atoms with E-state index in [9.17, 15) is 22.8 Å². The molecule has 0 bridgehead atoms. The zero-order valence-electron chi connectivity index (χ0n) is 10.2. The molecule has 0 unspecified atom stereocenters. The fourth-order valence-corrected chi connectivity index (χ4v) is 1.05. The Kier molecular flexibility index (Phi) is 8.10. The first-order chi connectivity index (χ1) is 8.35.